The lowest BCUT2D eigenvalue weighted by atomic mass is 9.97. The van der Waals surface area contributed by atoms with Gasteiger partial charge in [-0.25, -0.2) is 0 Å². The van der Waals surface area contributed by atoms with Crippen LogP contribution in [0.2, 0.25) is 0 Å². The highest BCUT2D eigenvalue weighted by molar-refractivity contribution is 5.81. The van der Waals surface area contributed by atoms with E-state index in [-0.39, 0.29) is 0 Å². The second-order valence-corrected chi connectivity index (χ2v) is 6.97. The van der Waals surface area contributed by atoms with Crippen molar-refractivity contribution < 1.29 is 4.74 Å². The van der Waals surface area contributed by atoms with Crippen LogP contribution in [0.25, 0.3) is 0 Å². The number of aliphatic imine (C=N–C) groups is 1. The predicted molar refractivity (Wildman–Crippen MR) is 97.0 cm³/mol. The Morgan fingerprint density at radius 2 is 2.12 bits per heavy atom. The lowest BCUT2D eigenvalue weighted by molar-refractivity contribution is 0.169. The van der Waals surface area contributed by atoms with Gasteiger partial charge in [0.2, 0.25) is 0 Å². The minimum atomic E-state index is 0.318. The van der Waals surface area contributed by atoms with E-state index in [4.69, 9.17) is 4.74 Å². The van der Waals surface area contributed by atoms with Crippen LogP contribution in [0.4, 0.5) is 0 Å². The average molecular weight is 328 g/mol. The summed E-state index contributed by atoms with van der Waals surface area (Å²) in [5.74, 6) is 2.17. The van der Waals surface area contributed by atoms with Gasteiger partial charge in [-0.05, 0) is 61.8 Å². The quantitative estimate of drug-likeness (QED) is 0.691. The molecule has 5 heteroatoms. The van der Waals surface area contributed by atoms with Crippen LogP contribution in [0.5, 0.6) is 5.75 Å². The van der Waals surface area contributed by atoms with E-state index in [1.54, 1.807) is 0 Å². The van der Waals surface area contributed by atoms with Gasteiger partial charge < -0.3 is 20.7 Å². The first-order chi connectivity index (χ1) is 11.9. The summed E-state index contributed by atoms with van der Waals surface area (Å²) < 4.78 is 6.36. The number of ether oxygens (including phenoxy) is 1. The number of guanidine groups is 1. The molecule has 3 N–H and O–H groups in total. The van der Waals surface area contributed by atoms with Gasteiger partial charge >= 0.3 is 0 Å². The van der Waals surface area contributed by atoms with E-state index in [0.717, 1.165) is 57.9 Å². The average Bonchev–Trinajstić information content (AvgIpc) is 3.29. The van der Waals surface area contributed by atoms with E-state index in [2.05, 4.69) is 33.1 Å². The van der Waals surface area contributed by atoms with Crippen molar-refractivity contribution >= 4 is 5.96 Å². The minimum absolute atomic E-state index is 0.318. The zero-order valence-electron chi connectivity index (χ0n) is 14.4. The Morgan fingerprint density at radius 3 is 3.04 bits per heavy atom. The number of aryl methyl sites for hydroxylation is 2. The fourth-order valence-corrected chi connectivity index (χ4v) is 3.91. The third-order valence-electron chi connectivity index (χ3n) is 5.20. The highest BCUT2D eigenvalue weighted by Gasteiger charge is 2.25. The van der Waals surface area contributed by atoms with Crippen molar-refractivity contribution in [3.05, 3.63) is 28.8 Å². The number of rotatable bonds is 6. The third-order valence-corrected chi connectivity index (χ3v) is 5.20. The molecule has 0 aromatic heterocycles. The maximum atomic E-state index is 6.36. The molecule has 0 saturated carbocycles. The van der Waals surface area contributed by atoms with Gasteiger partial charge in [-0.2, -0.15) is 0 Å². The molecule has 130 valence electrons. The second-order valence-electron chi connectivity index (χ2n) is 6.97. The number of nitrogens with one attached hydrogen (secondary N) is 3. The summed E-state index contributed by atoms with van der Waals surface area (Å²) in [5.41, 5.74) is 4.42. The molecule has 1 unspecified atom stereocenters. The van der Waals surface area contributed by atoms with Crippen LogP contribution >= 0.6 is 0 Å². The first-order valence-electron chi connectivity index (χ1n) is 9.43. The number of fused-ring (bicyclic) bond motifs is 3. The van der Waals surface area contributed by atoms with Crippen LogP contribution in [0.1, 0.15) is 36.0 Å². The zero-order valence-corrected chi connectivity index (χ0v) is 14.4. The molecule has 5 nitrogen and oxygen atoms in total. The smallest absolute Gasteiger partial charge is 0.191 e. The van der Waals surface area contributed by atoms with Gasteiger partial charge in [-0.3, -0.25) is 4.99 Å². The summed E-state index contributed by atoms with van der Waals surface area (Å²) >= 11 is 0. The second kappa shape index (κ2) is 7.43. The molecular formula is C19H28N4O. The lowest BCUT2D eigenvalue weighted by Gasteiger charge is -2.28. The summed E-state index contributed by atoms with van der Waals surface area (Å²) in [6.07, 6.45) is 7.40. The van der Waals surface area contributed by atoms with E-state index in [1.165, 1.54) is 41.7 Å². The van der Waals surface area contributed by atoms with Gasteiger partial charge in [0, 0.05) is 19.6 Å². The maximum absolute atomic E-state index is 6.36. The van der Waals surface area contributed by atoms with Crippen molar-refractivity contribution in [2.24, 2.45) is 4.99 Å². The predicted octanol–water partition coefficient (Wildman–Crippen LogP) is 1.40. The molecule has 3 aliphatic rings. The van der Waals surface area contributed by atoms with Crippen LogP contribution in [0.15, 0.2) is 17.1 Å². The Hall–Kier alpha value is -1.75. The number of nitrogens with zero attached hydrogens (tertiary/aromatic N) is 1. The van der Waals surface area contributed by atoms with Crippen LogP contribution in [-0.4, -0.2) is 44.8 Å². The molecule has 0 amide bonds. The van der Waals surface area contributed by atoms with Gasteiger partial charge in [0.15, 0.2) is 5.96 Å². The van der Waals surface area contributed by atoms with Gasteiger partial charge in [0.05, 0.1) is 6.54 Å². The van der Waals surface area contributed by atoms with Gasteiger partial charge in [-0.1, -0.05) is 12.1 Å². The van der Waals surface area contributed by atoms with Crippen molar-refractivity contribution in [1.82, 2.24) is 16.0 Å². The summed E-state index contributed by atoms with van der Waals surface area (Å²) in [6.45, 7) is 4.78. The van der Waals surface area contributed by atoms with Crippen molar-refractivity contribution in [1.29, 1.82) is 0 Å². The monoisotopic (exact) mass is 328 g/mol. The molecule has 1 aliphatic carbocycles. The van der Waals surface area contributed by atoms with E-state index in [0.29, 0.717) is 6.10 Å². The fourth-order valence-electron chi connectivity index (χ4n) is 3.91. The fraction of sp³-hybridized carbons (Fsp3) is 0.632. The van der Waals surface area contributed by atoms with Gasteiger partial charge in [0.25, 0.3) is 0 Å². The van der Waals surface area contributed by atoms with E-state index in [9.17, 15) is 0 Å². The largest absolute Gasteiger partial charge is 0.489 e. The molecule has 2 aliphatic heterocycles. The standard InChI is InChI=1S/C19H28N4O/c1-3-14-5-6-15-7-8-16(24-18(15)17(14)4-1)13-20-9-2-10-21-19-22-11-12-23-19/h5-6,16,20H,1-4,7-13H2,(H2,21,22,23). The van der Waals surface area contributed by atoms with E-state index >= 15 is 0 Å². The molecule has 24 heavy (non-hydrogen) atoms. The number of hydrogen-bond acceptors (Lipinski definition) is 5. The number of benzene rings is 1. The maximum Gasteiger partial charge on any atom is 0.191 e. The Kier molecular flexibility index (Phi) is 4.88. The molecule has 0 fully saturated rings. The zero-order chi connectivity index (χ0) is 16.2. The molecule has 0 bridgehead atoms. The minimum Gasteiger partial charge on any atom is -0.489 e. The Bertz CT molecular complexity index is 614. The highest BCUT2D eigenvalue weighted by Crippen LogP contribution is 2.37. The van der Waals surface area contributed by atoms with E-state index in [1.807, 2.05) is 0 Å². The van der Waals surface area contributed by atoms with Crippen molar-refractivity contribution in [3.8, 4) is 5.75 Å². The van der Waals surface area contributed by atoms with Crippen LogP contribution < -0.4 is 20.7 Å². The van der Waals surface area contributed by atoms with E-state index < -0.39 is 0 Å². The van der Waals surface area contributed by atoms with Crippen LogP contribution in [0.3, 0.4) is 0 Å². The highest BCUT2D eigenvalue weighted by atomic mass is 16.5. The van der Waals surface area contributed by atoms with Gasteiger partial charge in [-0.15, -0.1) is 0 Å². The normalized spacial score (nSPS) is 21.5. The Morgan fingerprint density at radius 1 is 1.17 bits per heavy atom. The molecular weight excluding hydrogens is 300 g/mol. The molecule has 4 rings (SSSR count). The van der Waals surface area contributed by atoms with Gasteiger partial charge in [0.1, 0.15) is 11.9 Å². The first-order valence-corrected chi connectivity index (χ1v) is 9.43. The van der Waals surface area contributed by atoms with Crippen molar-refractivity contribution in [2.45, 2.75) is 44.6 Å². The topological polar surface area (TPSA) is 57.7 Å². The molecule has 0 radical (unpaired) electrons. The third kappa shape index (κ3) is 3.51. The molecule has 0 saturated heterocycles. The summed E-state index contributed by atoms with van der Waals surface area (Å²) in [7, 11) is 0. The van der Waals surface area contributed by atoms with Crippen LogP contribution in [0, 0.1) is 0 Å². The summed E-state index contributed by atoms with van der Waals surface area (Å²) in [4.78, 5) is 4.33. The lowest BCUT2D eigenvalue weighted by Crippen LogP contribution is -2.37. The Balaban J connectivity index is 1.19. The number of hydrogen-bond donors (Lipinski definition) is 3. The molecule has 1 aromatic rings. The van der Waals surface area contributed by atoms with Crippen molar-refractivity contribution in [2.75, 3.05) is 32.7 Å². The first kappa shape index (κ1) is 15.8. The summed E-state index contributed by atoms with van der Waals surface area (Å²) in [6, 6.07) is 4.61. The molecule has 1 atom stereocenters. The molecule has 1 aromatic carbocycles. The summed E-state index contributed by atoms with van der Waals surface area (Å²) in [5, 5.41) is 10.1. The SMILES string of the molecule is c1cc2c(c3c1CCC3)OC(CNCCCNC1=NCCN1)CC2. The Labute approximate surface area is 144 Å². The molecule has 0 spiro atoms. The van der Waals surface area contributed by atoms with Crippen LogP contribution in [-0.2, 0) is 19.3 Å². The molecule has 2 heterocycles. The van der Waals surface area contributed by atoms with Crippen molar-refractivity contribution in [3.63, 3.8) is 0 Å².